The van der Waals surface area contributed by atoms with Crippen molar-refractivity contribution in [2.75, 3.05) is 0 Å². The Morgan fingerprint density at radius 3 is 2.62 bits per heavy atom. The summed E-state index contributed by atoms with van der Waals surface area (Å²) in [6.07, 6.45) is 0. The maximum atomic E-state index is 14.7. The summed E-state index contributed by atoms with van der Waals surface area (Å²) in [6.45, 7) is 0. The van der Waals surface area contributed by atoms with E-state index < -0.39 is 11.7 Å². The molecule has 5 nitrogen and oxygen atoms in total. The molecule has 2 aromatic carbocycles. The average molecular weight is 367 g/mol. The molecule has 1 aliphatic heterocycles. The molecule has 7 heteroatoms. The van der Waals surface area contributed by atoms with Gasteiger partial charge in [0.15, 0.2) is 0 Å². The van der Waals surface area contributed by atoms with E-state index in [1.807, 2.05) is 36.4 Å². The standard InChI is InChI=1S/C19H12ClFN4O/c20-12-7-4-8-13(21)15(12)14-11(9-22)18(23)26-19-16(14)17(24-25-19)10-5-2-1-3-6-10/h1-8,14H,23H2,(H,24,25)/t14-/m1/s1. The number of nitrogens with two attached hydrogens (primary N) is 1. The molecule has 0 aliphatic carbocycles. The van der Waals surface area contributed by atoms with E-state index in [9.17, 15) is 9.65 Å². The summed E-state index contributed by atoms with van der Waals surface area (Å²) in [7, 11) is 0. The Bertz CT molecular complexity index is 1050. The maximum Gasteiger partial charge on any atom is 0.244 e. The Morgan fingerprint density at radius 1 is 1.15 bits per heavy atom. The summed E-state index contributed by atoms with van der Waals surface area (Å²) >= 11 is 6.28. The smallest absolute Gasteiger partial charge is 0.244 e. The lowest BCUT2D eigenvalue weighted by atomic mass is 9.82. The van der Waals surface area contributed by atoms with Gasteiger partial charge in [-0.2, -0.15) is 5.26 Å². The predicted molar refractivity (Wildman–Crippen MR) is 94.7 cm³/mol. The van der Waals surface area contributed by atoms with Gasteiger partial charge in [0.25, 0.3) is 0 Å². The molecular formula is C19H12ClFN4O. The number of aromatic amines is 1. The zero-order valence-electron chi connectivity index (χ0n) is 13.3. The van der Waals surface area contributed by atoms with Crippen LogP contribution in [0.15, 0.2) is 60.0 Å². The number of hydrogen-bond donors (Lipinski definition) is 2. The van der Waals surface area contributed by atoms with Crippen molar-refractivity contribution < 1.29 is 9.13 Å². The highest BCUT2D eigenvalue weighted by atomic mass is 35.5. The molecule has 2 heterocycles. The lowest BCUT2D eigenvalue weighted by Gasteiger charge is -2.25. The lowest BCUT2D eigenvalue weighted by Crippen LogP contribution is -2.21. The highest BCUT2D eigenvalue weighted by Gasteiger charge is 2.38. The summed E-state index contributed by atoms with van der Waals surface area (Å²) in [4.78, 5) is 0. The van der Waals surface area contributed by atoms with Gasteiger partial charge in [0.05, 0.1) is 17.2 Å². The minimum absolute atomic E-state index is 0.0862. The monoisotopic (exact) mass is 366 g/mol. The van der Waals surface area contributed by atoms with Crippen LogP contribution in [-0.4, -0.2) is 10.2 Å². The summed E-state index contributed by atoms with van der Waals surface area (Å²) < 4.78 is 20.2. The van der Waals surface area contributed by atoms with E-state index in [-0.39, 0.29) is 27.9 Å². The predicted octanol–water partition coefficient (Wildman–Crippen LogP) is 4.09. The summed E-state index contributed by atoms with van der Waals surface area (Å²) in [6, 6.07) is 15.8. The zero-order chi connectivity index (χ0) is 18.3. The van der Waals surface area contributed by atoms with Crippen molar-refractivity contribution >= 4 is 11.6 Å². The van der Waals surface area contributed by atoms with Crippen molar-refractivity contribution in [2.45, 2.75) is 5.92 Å². The van der Waals surface area contributed by atoms with Gasteiger partial charge in [0.1, 0.15) is 17.5 Å². The third kappa shape index (κ3) is 2.41. The van der Waals surface area contributed by atoms with Crippen LogP contribution in [0.1, 0.15) is 17.0 Å². The van der Waals surface area contributed by atoms with Gasteiger partial charge in [-0.3, -0.25) is 5.10 Å². The fraction of sp³-hybridized carbons (Fsp3) is 0.0526. The highest BCUT2D eigenvalue weighted by Crippen LogP contribution is 2.47. The van der Waals surface area contributed by atoms with Crippen molar-refractivity contribution in [3.8, 4) is 23.2 Å². The first-order valence-corrected chi connectivity index (χ1v) is 8.14. The molecular weight excluding hydrogens is 355 g/mol. The summed E-state index contributed by atoms with van der Waals surface area (Å²) in [5, 5.41) is 16.9. The van der Waals surface area contributed by atoms with Gasteiger partial charge in [-0.1, -0.05) is 48.0 Å². The van der Waals surface area contributed by atoms with Crippen LogP contribution >= 0.6 is 11.6 Å². The van der Waals surface area contributed by atoms with Crippen molar-refractivity contribution in [1.82, 2.24) is 10.2 Å². The second kappa shape index (κ2) is 6.21. The van der Waals surface area contributed by atoms with Crippen LogP contribution in [0.2, 0.25) is 5.02 Å². The Labute approximate surface area is 153 Å². The first-order chi connectivity index (χ1) is 12.6. The minimum Gasteiger partial charge on any atom is -0.420 e. The SMILES string of the molecule is N#CC1=C(N)Oc2n[nH]c(-c3ccccc3)c2[C@H]1c1c(F)cccc1Cl. The molecule has 4 rings (SSSR count). The number of nitrogens with one attached hydrogen (secondary N) is 1. The zero-order valence-corrected chi connectivity index (χ0v) is 14.1. The highest BCUT2D eigenvalue weighted by molar-refractivity contribution is 6.31. The molecule has 1 atom stereocenters. The largest absolute Gasteiger partial charge is 0.420 e. The molecule has 0 spiro atoms. The number of nitrogens with zero attached hydrogens (tertiary/aromatic N) is 2. The molecule has 0 radical (unpaired) electrons. The normalized spacial score (nSPS) is 16.0. The Balaban J connectivity index is 2.02. The van der Waals surface area contributed by atoms with Crippen LogP contribution in [0.5, 0.6) is 5.88 Å². The van der Waals surface area contributed by atoms with Gasteiger partial charge < -0.3 is 10.5 Å². The van der Waals surface area contributed by atoms with Crippen molar-refractivity contribution in [1.29, 1.82) is 5.26 Å². The van der Waals surface area contributed by atoms with Gasteiger partial charge in [0, 0.05) is 10.6 Å². The number of halogens is 2. The fourth-order valence-corrected chi connectivity index (χ4v) is 3.42. The molecule has 128 valence electrons. The second-order valence-corrected chi connectivity index (χ2v) is 6.15. The van der Waals surface area contributed by atoms with Crippen LogP contribution in [0.3, 0.4) is 0 Å². The van der Waals surface area contributed by atoms with E-state index in [4.69, 9.17) is 22.1 Å². The number of H-pyrrole nitrogens is 1. The second-order valence-electron chi connectivity index (χ2n) is 5.74. The topological polar surface area (TPSA) is 87.7 Å². The van der Waals surface area contributed by atoms with Gasteiger partial charge in [0.2, 0.25) is 11.8 Å². The minimum atomic E-state index is -0.827. The Morgan fingerprint density at radius 2 is 1.92 bits per heavy atom. The third-order valence-corrected chi connectivity index (χ3v) is 4.62. The van der Waals surface area contributed by atoms with E-state index in [1.165, 1.54) is 12.1 Å². The van der Waals surface area contributed by atoms with E-state index in [1.54, 1.807) is 6.07 Å². The van der Waals surface area contributed by atoms with Gasteiger partial charge in [-0.15, -0.1) is 5.10 Å². The molecule has 26 heavy (non-hydrogen) atoms. The number of benzene rings is 2. The van der Waals surface area contributed by atoms with E-state index in [0.29, 0.717) is 11.3 Å². The van der Waals surface area contributed by atoms with Crippen molar-refractivity contribution in [3.05, 3.63) is 82.0 Å². The number of ether oxygens (including phenoxy) is 1. The molecule has 3 aromatic rings. The van der Waals surface area contributed by atoms with Crippen LogP contribution in [0.4, 0.5) is 4.39 Å². The summed E-state index contributed by atoms with van der Waals surface area (Å²) in [5.74, 6) is -1.28. The number of allylic oxidation sites excluding steroid dienone is 1. The number of hydrogen-bond acceptors (Lipinski definition) is 4. The Hall–Kier alpha value is -3.30. The van der Waals surface area contributed by atoms with Gasteiger partial charge in [-0.05, 0) is 17.7 Å². The fourth-order valence-electron chi connectivity index (χ4n) is 3.15. The van der Waals surface area contributed by atoms with Gasteiger partial charge in [-0.25, -0.2) is 4.39 Å². The van der Waals surface area contributed by atoms with Crippen LogP contribution in [-0.2, 0) is 0 Å². The maximum absolute atomic E-state index is 14.7. The van der Waals surface area contributed by atoms with E-state index >= 15 is 0 Å². The van der Waals surface area contributed by atoms with Crippen LogP contribution < -0.4 is 10.5 Å². The molecule has 1 aliphatic rings. The van der Waals surface area contributed by atoms with Gasteiger partial charge >= 0.3 is 0 Å². The molecule has 0 saturated heterocycles. The van der Waals surface area contributed by atoms with Crippen molar-refractivity contribution in [3.63, 3.8) is 0 Å². The van der Waals surface area contributed by atoms with E-state index in [0.717, 1.165) is 5.56 Å². The molecule has 3 N–H and O–H groups in total. The summed E-state index contributed by atoms with van der Waals surface area (Å²) in [5.41, 5.74) is 8.10. The van der Waals surface area contributed by atoms with Crippen molar-refractivity contribution in [2.24, 2.45) is 5.73 Å². The number of rotatable bonds is 2. The number of aromatic nitrogens is 2. The molecule has 0 saturated carbocycles. The van der Waals surface area contributed by atoms with Crippen LogP contribution in [0, 0.1) is 17.1 Å². The molecule has 0 fully saturated rings. The van der Waals surface area contributed by atoms with Crippen LogP contribution in [0.25, 0.3) is 11.3 Å². The Kier molecular flexibility index (Phi) is 3.86. The lowest BCUT2D eigenvalue weighted by molar-refractivity contribution is 0.378. The number of nitriles is 1. The number of fused-ring (bicyclic) bond motifs is 1. The average Bonchev–Trinajstić information content (AvgIpc) is 3.05. The van der Waals surface area contributed by atoms with E-state index in [2.05, 4.69) is 10.2 Å². The molecule has 0 unspecified atom stereocenters. The molecule has 1 aromatic heterocycles. The molecule has 0 amide bonds. The first kappa shape index (κ1) is 16.2. The third-order valence-electron chi connectivity index (χ3n) is 4.29. The first-order valence-electron chi connectivity index (χ1n) is 7.77. The quantitative estimate of drug-likeness (QED) is 0.715. The molecule has 0 bridgehead atoms.